The van der Waals surface area contributed by atoms with Gasteiger partial charge in [0, 0.05) is 6.07 Å². The van der Waals surface area contributed by atoms with E-state index in [1.165, 1.54) is 14.2 Å². The molecular weight excluding hydrogens is 440 g/mol. The van der Waals surface area contributed by atoms with Gasteiger partial charge in [-0.2, -0.15) is 10.3 Å². The molecule has 1 N–H and O–H groups in total. The van der Waals surface area contributed by atoms with Crippen molar-refractivity contribution in [1.82, 2.24) is 15.4 Å². The molecule has 1 heterocycles. The van der Waals surface area contributed by atoms with E-state index in [0.29, 0.717) is 0 Å². The zero-order valence-electron chi connectivity index (χ0n) is 18.0. The standard InChI is InChI=1S/C20H22N4O9/c1-30-14-8-12(13(24(28)29)9-15(14)31-2)18(25)16-17(22-23-21-16)20(27)33-10-32-19(26)11-6-4-3-5-7-11/h8-9,11H,3-7,10H2,1-2H3,(H,21,22,23). The van der Waals surface area contributed by atoms with Crippen molar-refractivity contribution in [2.75, 3.05) is 21.0 Å². The molecule has 33 heavy (non-hydrogen) atoms. The van der Waals surface area contributed by atoms with Crippen LogP contribution in [0.5, 0.6) is 11.5 Å². The summed E-state index contributed by atoms with van der Waals surface area (Å²) in [7, 11) is 2.58. The van der Waals surface area contributed by atoms with Crippen LogP contribution in [-0.4, -0.2) is 59.1 Å². The minimum absolute atomic E-state index is 0.0420. The Bertz CT molecular complexity index is 1060. The van der Waals surface area contributed by atoms with Gasteiger partial charge < -0.3 is 18.9 Å². The first-order chi connectivity index (χ1) is 15.9. The Morgan fingerprint density at radius 1 is 1.03 bits per heavy atom. The van der Waals surface area contributed by atoms with Gasteiger partial charge in [0.15, 0.2) is 17.2 Å². The number of H-pyrrole nitrogens is 1. The Morgan fingerprint density at radius 2 is 1.67 bits per heavy atom. The van der Waals surface area contributed by atoms with Crippen molar-refractivity contribution >= 4 is 23.4 Å². The number of hydrogen-bond donors (Lipinski definition) is 1. The minimum atomic E-state index is -1.09. The van der Waals surface area contributed by atoms with Crippen molar-refractivity contribution in [2.24, 2.45) is 5.92 Å². The first-order valence-electron chi connectivity index (χ1n) is 10.1. The Labute approximate surface area is 187 Å². The second kappa shape index (κ2) is 10.5. The second-order valence-corrected chi connectivity index (χ2v) is 7.18. The van der Waals surface area contributed by atoms with Crippen molar-refractivity contribution in [3.05, 3.63) is 39.2 Å². The minimum Gasteiger partial charge on any atom is -0.493 e. The molecule has 2 aromatic rings. The summed E-state index contributed by atoms with van der Waals surface area (Å²) in [5.74, 6) is -2.64. The van der Waals surface area contributed by atoms with E-state index < -0.39 is 52.1 Å². The zero-order valence-corrected chi connectivity index (χ0v) is 18.0. The molecule has 0 atom stereocenters. The third kappa shape index (κ3) is 5.25. The molecule has 1 saturated carbocycles. The highest BCUT2D eigenvalue weighted by Gasteiger charge is 2.31. The molecule has 0 aliphatic heterocycles. The van der Waals surface area contributed by atoms with Crippen LogP contribution < -0.4 is 9.47 Å². The molecule has 1 fully saturated rings. The van der Waals surface area contributed by atoms with Gasteiger partial charge in [-0.25, -0.2) is 4.79 Å². The number of ether oxygens (including phenoxy) is 4. The van der Waals surface area contributed by atoms with Gasteiger partial charge in [-0.3, -0.25) is 19.7 Å². The van der Waals surface area contributed by atoms with Gasteiger partial charge >= 0.3 is 11.9 Å². The fraction of sp³-hybridized carbons (Fsp3) is 0.450. The van der Waals surface area contributed by atoms with Gasteiger partial charge in [-0.15, -0.1) is 5.10 Å². The molecule has 0 saturated heterocycles. The lowest BCUT2D eigenvalue weighted by molar-refractivity contribution is -0.385. The van der Waals surface area contributed by atoms with Crippen LogP contribution in [0, 0.1) is 16.0 Å². The summed E-state index contributed by atoms with van der Waals surface area (Å²) in [5.41, 5.74) is -2.00. The van der Waals surface area contributed by atoms with Gasteiger partial charge in [0.25, 0.3) is 5.69 Å². The number of benzene rings is 1. The van der Waals surface area contributed by atoms with Crippen LogP contribution in [0.15, 0.2) is 12.1 Å². The van der Waals surface area contributed by atoms with E-state index >= 15 is 0 Å². The molecule has 0 amide bonds. The average molecular weight is 462 g/mol. The Hall–Kier alpha value is -4.03. The van der Waals surface area contributed by atoms with E-state index in [1.807, 2.05) is 0 Å². The summed E-state index contributed by atoms with van der Waals surface area (Å²) in [6.07, 6.45) is 4.39. The van der Waals surface area contributed by atoms with Gasteiger partial charge in [0.1, 0.15) is 5.56 Å². The molecule has 0 bridgehead atoms. The van der Waals surface area contributed by atoms with E-state index in [1.54, 1.807) is 0 Å². The summed E-state index contributed by atoms with van der Waals surface area (Å²) >= 11 is 0. The first kappa shape index (κ1) is 23.6. The highest BCUT2D eigenvalue weighted by molar-refractivity contribution is 6.14. The topological polar surface area (TPSA) is 173 Å². The number of esters is 2. The molecule has 1 aromatic heterocycles. The monoisotopic (exact) mass is 462 g/mol. The number of hydrogen-bond acceptors (Lipinski definition) is 11. The van der Waals surface area contributed by atoms with Crippen molar-refractivity contribution in [1.29, 1.82) is 0 Å². The molecule has 1 aliphatic rings. The Balaban J connectivity index is 1.75. The van der Waals surface area contributed by atoms with E-state index in [-0.39, 0.29) is 17.4 Å². The van der Waals surface area contributed by atoms with Crippen molar-refractivity contribution in [3.8, 4) is 11.5 Å². The number of aromatic amines is 1. The van der Waals surface area contributed by atoms with Crippen LogP contribution in [0.4, 0.5) is 5.69 Å². The average Bonchev–Trinajstić information content (AvgIpc) is 3.33. The Morgan fingerprint density at radius 3 is 2.30 bits per heavy atom. The zero-order chi connectivity index (χ0) is 24.0. The van der Waals surface area contributed by atoms with Gasteiger partial charge in [-0.1, -0.05) is 19.3 Å². The molecule has 176 valence electrons. The summed E-state index contributed by atoms with van der Waals surface area (Å²) in [4.78, 5) is 48.2. The molecular formula is C20H22N4O9. The van der Waals surface area contributed by atoms with E-state index in [9.17, 15) is 24.5 Å². The maximum Gasteiger partial charge on any atom is 0.364 e. The molecule has 0 spiro atoms. The van der Waals surface area contributed by atoms with Crippen LogP contribution >= 0.6 is 0 Å². The summed E-state index contributed by atoms with van der Waals surface area (Å²) in [6, 6.07) is 2.13. The second-order valence-electron chi connectivity index (χ2n) is 7.18. The number of nitrogens with one attached hydrogen (secondary N) is 1. The maximum absolute atomic E-state index is 13.0. The van der Waals surface area contributed by atoms with Gasteiger partial charge in [-0.05, 0) is 12.8 Å². The van der Waals surface area contributed by atoms with E-state index in [4.69, 9.17) is 18.9 Å². The molecule has 1 aliphatic carbocycles. The van der Waals surface area contributed by atoms with E-state index in [0.717, 1.165) is 44.2 Å². The number of carbonyl (C=O) groups is 3. The number of nitrogens with zero attached hydrogens (tertiary/aromatic N) is 3. The molecule has 3 rings (SSSR count). The summed E-state index contributed by atoms with van der Waals surface area (Å²) < 4.78 is 20.0. The maximum atomic E-state index is 13.0. The van der Waals surface area contributed by atoms with Crippen LogP contribution in [-0.2, 0) is 14.3 Å². The SMILES string of the molecule is COc1cc(C(=O)c2n[nH]nc2C(=O)OCOC(=O)C2CCCCC2)c([N+](=O)[O-])cc1OC. The number of aromatic nitrogens is 3. The fourth-order valence-corrected chi connectivity index (χ4v) is 3.53. The van der Waals surface area contributed by atoms with Crippen LogP contribution in [0.3, 0.4) is 0 Å². The predicted molar refractivity (Wildman–Crippen MR) is 109 cm³/mol. The van der Waals surface area contributed by atoms with Gasteiger partial charge in [0.2, 0.25) is 18.3 Å². The number of carbonyl (C=O) groups excluding carboxylic acids is 3. The van der Waals surface area contributed by atoms with Crippen molar-refractivity contribution in [2.45, 2.75) is 32.1 Å². The lowest BCUT2D eigenvalue weighted by atomic mass is 9.89. The lowest BCUT2D eigenvalue weighted by Gasteiger charge is -2.19. The summed E-state index contributed by atoms with van der Waals surface area (Å²) in [5, 5.41) is 20.9. The number of nitro benzene ring substituents is 1. The van der Waals surface area contributed by atoms with E-state index in [2.05, 4.69) is 15.4 Å². The smallest absolute Gasteiger partial charge is 0.364 e. The first-order valence-corrected chi connectivity index (χ1v) is 10.1. The highest BCUT2D eigenvalue weighted by atomic mass is 16.7. The third-order valence-electron chi connectivity index (χ3n) is 5.23. The molecule has 13 heteroatoms. The highest BCUT2D eigenvalue weighted by Crippen LogP contribution is 2.35. The normalized spacial score (nSPS) is 13.8. The number of rotatable bonds is 9. The van der Waals surface area contributed by atoms with Crippen LogP contribution in [0.2, 0.25) is 0 Å². The van der Waals surface area contributed by atoms with Crippen LogP contribution in [0.1, 0.15) is 58.6 Å². The molecule has 0 radical (unpaired) electrons. The van der Waals surface area contributed by atoms with Gasteiger partial charge in [0.05, 0.1) is 31.1 Å². The number of nitro groups is 1. The fourth-order valence-electron chi connectivity index (χ4n) is 3.53. The third-order valence-corrected chi connectivity index (χ3v) is 5.23. The Kier molecular flexibility index (Phi) is 7.53. The quantitative estimate of drug-likeness (QED) is 0.190. The summed E-state index contributed by atoms with van der Waals surface area (Å²) in [6.45, 7) is -0.662. The van der Waals surface area contributed by atoms with Crippen LogP contribution in [0.25, 0.3) is 0 Å². The molecule has 1 aromatic carbocycles. The molecule has 13 nitrogen and oxygen atoms in total. The number of ketones is 1. The predicted octanol–water partition coefficient (Wildman–Crippen LogP) is 2.20. The number of methoxy groups -OCH3 is 2. The van der Waals surface area contributed by atoms with Crippen molar-refractivity contribution < 1.29 is 38.3 Å². The molecule has 0 unspecified atom stereocenters. The largest absolute Gasteiger partial charge is 0.493 e. The lowest BCUT2D eigenvalue weighted by Crippen LogP contribution is -2.23. The van der Waals surface area contributed by atoms with Crippen molar-refractivity contribution in [3.63, 3.8) is 0 Å².